The van der Waals surface area contributed by atoms with Gasteiger partial charge in [0.25, 0.3) is 11.8 Å². The fourth-order valence-electron chi connectivity index (χ4n) is 7.38. The molecule has 9 heteroatoms. The number of thiophene rings is 1. The summed E-state index contributed by atoms with van der Waals surface area (Å²) in [6.45, 7) is 5.76. The average molecular weight is 683 g/mol. The second kappa shape index (κ2) is 13.3. The van der Waals surface area contributed by atoms with Crippen molar-refractivity contribution < 1.29 is 19.1 Å². The maximum absolute atomic E-state index is 14.0. The van der Waals surface area contributed by atoms with E-state index in [4.69, 9.17) is 4.74 Å². The number of nitrogens with zero attached hydrogens (tertiary/aromatic N) is 3. The first-order chi connectivity index (χ1) is 24.4. The Balaban J connectivity index is 0.973. The highest BCUT2D eigenvalue weighted by atomic mass is 32.1. The Morgan fingerprint density at radius 3 is 2.44 bits per heavy atom. The molecular weight excluding hydrogens is 645 g/mol. The third-order valence-corrected chi connectivity index (χ3v) is 11.4. The molecule has 3 aliphatic heterocycles. The van der Waals surface area contributed by atoms with Crippen molar-refractivity contribution in [3.8, 4) is 10.4 Å². The number of carbonyl (C=O) groups excluding carboxylic acids is 3. The molecule has 2 saturated heterocycles. The Morgan fingerprint density at radius 2 is 1.66 bits per heavy atom. The van der Waals surface area contributed by atoms with E-state index >= 15 is 0 Å². The van der Waals surface area contributed by atoms with Gasteiger partial charge < -0.3 is 19.9 Å². The molecule has 0 bridgehead atoms. The topological polar surface area (TPSA) is 91.8 Å². The van der Waals surface area contributed by atoms with Crippen LogP contribution in [0.5, 0.6) is 0 Å². The van der Waals surface area contributed by atoms with E-state index < -0.39 is 0 Å². The van der Waals surface area contributed by atoms with Crippen LogP contribution in [0.3, 0.4) is 0 Å². The average Bonchev–Trinajstić information content (AvgIpc) is 3.50. The summed E-state index contributed by atoms with van der Waals surface area (Å²) in [5.74, 6) is 0.469. The third kappa shape index (κ3) is 6.23. The smallest absolute Gasteiger partial charge is 0.259 e. The summed E-state index contributed by atoms with van der Waals surface area (Å²) in [4.78, 5) is 51.3. The Bertz CT molecular complexity index is 2080. The van der Waals surface area contributed by atoms with Crippen LogP contribution >= 0.6 is 11.3 Å². The first-order valence-corrected chi connectivity index (χ1v) is 18.0. The molecule has 5 heterocycles. The Hall–Kier alpha value is -5.12. The Labute approximate surface area is 295 Å². The molecule has 0 atom stereocenters. The molecule has 3 aromatic carbocycles. The number of nitrogens with one attached hydrogen (secondary N) is 1. The molecule has 2 aromatic heterocycles. The Kier molecular flexibility index (Phi) is 8.54. The maximum atomic E-state index is 14.0. The van der Waals surface area contributed by atoms with E-state index in [1.54, 1.807) is 24.3 Å². The number of para-hydroxylation sites is 1. The van der Waals surface area contributed by atoms with Crippen LogP contribution in [-0.2, 0) is 17.6 Å². The largest absolute Gasteiger partial charge is 0.381 e. The number of fused-ring (bicyclic) bond motifs is 3. The predicted octanol–water partition coefficient (Wildman–Crippen LogP) is 7.62. The zero-order valence-electron chi connectivity index (χ0n) is 28.0. The number of anilines is 3. The van der Waals surface area contributed by atoms with Gasteiger partial charge in [-0.3, -0.25) is 14.4 Å². The van der Waals surface area contributed by atoms with E-state index in [1.165, 1.54) is 11.3 Å². The third-order valence-electron chi connectivity index (χ3n) is 10.1. The number of aryl methyl sites for hydroxylation is 1. The number of benzene rings is 3. The van der Waals surface area contributed by atoms with Crippen LogP contribution in [0.4, 0.5) is 17.2 Å². The molecule has 0 saturated carbocycles. The van der Waals surface area contributed by atoms with Gasteiger partial charge in [0.15, 0.2) is 5.78 Å². The fraction of sp³-hybridized carbons (Fsp3) is 0.268. The molecule has 2 amide bonds. The highest BCUT2D eigenvalue weighted by molar-refractivity contribution is 7.17. The normalized spacial score (nSPS) is 16.2. The van der Waals surface area contributed by atoms with Gasteiger partial charge in [0.2, 0.25) is 0 Å². The first-order valence-electron chi connectivity index (χ1n) is 17.2. The van der Waals surface area contributed by atoms with Gasteiger partial charge in [0.1, 0.15) is 5.82 Å². The molecule has 8 rings (SSSR count). The summed E-state index contributed by atoms with van der Waals surface area (Å²) in [6, 6.07) is 28.7. The van der Waals surface area contributed by atoms with Crippen molar-refractivity contribution in [2.24, 2.45) is 5.41 Å². The molecule has 2 fully saturated rings. The fourth-order valence-corrected chi connectivity index (χ4v) is 8.56. The molecule has 0 aliphatic carbocycles. The van der Waals surface area contributed by atoms with Crippen molar-refractivity contribution >= 4 is 46.1 Å². The first kappa shape index (κ1) is 32.1. The SMILES string of the molecule is Cc1cnc(N2CC3(CCOCC3)C2)c(C(=O)Nc2ccc(C(=O)N3CCc4cc(C(=O)Cc5ccccc5)sc4-c4ccccc43)cc2)c1. The van der Waals surface area contributed by atoms with E-state index in [0.717, 1.165) is 76.8 Å². The number of hydrogen-bond donors (Lipinski definition) is 1. The van der Waals surface area contributed by atoms with Crippen molar-refractivity contribution in [3.05, 3.63) is 130 Å². The monoisotopic (exact) mass is 682 g/mol. The highest BCUT2D eigenvalue weighted by Gasteiger charge is 2.45. The van der Waals surface area contributed by atoms with Crippen molar-refractivity contribution in [2.45, 2.75) is 32.6 Å². The van der Waals surface area contributed by atoms with Gasteiger partial charge in [-0.2, -0.15) is 0 Å². The molecule has 252 valence electrons. The van der Waals surface area contributed by atoms with Crippen molar-refractivity contribution in [3.63, 3.8) is 0 Å². The van der Waals surface area contributed by atoms with Crippen LogP contribution in [0, 0.1) is 12.3 Å². The van der Waals surface area contributed by atoms with E-state index in [1.807, 2.05) is 84.8 Å². The second-order valence-corrected chi connectivity index (χ2v) is 14.7. The van der Waals surface area contributed by atoms with Gasteiger partial charge in [0.05, 0.1) is 16.1 Å². The van der Waals surface area contributed by atoms with E-state index in [0.29, 0.717) is 42.0 Å². The minimum absolute atomic E-state index is 0.102. The number of Topliss-reactive ketones (excluding diaryl/α,β-unsaturated/α-hetero) is 1. The molecular formula is C41H38N4O4S. The van der Waals surface area contributed by atoms with Gasteiger partial charge in [-0.25, -0.2) is 4.98 Å². The number of amides is 2. The predicted molar refractivity (Wildman–Crippen MR) is 198 cm³/mol. The van der Waals surface area contributed by atoms with E-state index in [2.05, 4.69) is 15.2 Å². The van der Waals surface area contributed by atoms with Crippen LogP contribution in [0.1, 0.15) is 59.9 Å². The molecule has 50 heavy (non-hydrogen) atoms. The zero-order valence-corrected chi connectivity index (χ0v) is 28.8. The van der Waals surface area contributed by atoms with Crippen molar-refractivity contribution in [2.75, 3.05) is 48.0 Å². The second-order valence-electron chi connectivity index (χ2n) is 13.7. The number of ketones is 1. The van der Waals surface area contributed by atoms with E-state index in [9.17, 15) is 14.4 Å². The van der Waals surface area contributed by atoms with Gasteiger partial charge in [-0.1, -0.05) is 48.5 Å². The quantitative estimate of drug-likeness (QED) is 0.178. The molecule has 8 nitrogen and oxygen atoms in total. The number of aromatic nitrogens is 1. The summed E-state index contributed by atoms with van der Waals surface area (Å²) in [7, 11) is 0. The van der Waals surface area contributed by atoms with Crippen LogP contribution in [-0.4, -0.2) is 55.4 Å². The lowest BCUT2D eigenvalue weighted by atomic mass is 9.73. The summed E-state index contributed by atoms with van der Waals surface area (Å²) < 4.78 is 5.57. The van der Waals surface area contributed by atoms with Crippen LogP contribution in [0.15, 0.2) is 97.2 Å². The molecule has 0 radical (unpaired) electrons. The molecule has 0 unspecified atom stereocenters. The summed E-state index contributed by atoms with van der Waals surface area (Å²) in [5.41, 5.74) is 6.71. The minimum Gasteiger partial charge on any atom is -0.381 e. The number of pyridine rings is 1. The minimum atomic E-state index is -0.225. The molecule has 1 spiro atoms. The summed E-state index contributed by atoms with van der Waals surface area (Å²) >= 11 is 1.51. The highest BCUT2D eigenvalue weighted by Crippen LogP contribution is 2.43. The van der Waals surface area contributed by atoms with E-state index in [-0.39, 0.29) is 23.0 Å². The van der Waals surface area contributed by atoms with Gasteiger partial charge >= 0.3 is 0 Å². The maximum Gasteiger partial charge on any atom is 0.259 e. The van der Waals surface area contributed by atoms with Crippen LogP contribution < -0.4 is 15.1 Å². The summed E-state index contributed by atoms with van der Waals surface area (Å²) in [5, 5.41) is 3.03. The lowest BCUT2D eigenvalue weighted by Crippen LogP contribution is -2.59. The van der Waals surface area contributed by atoms with Crippen molar-refractivity contribution in [1.29, 1.82) is 0 Å². The Morgan fingerprint density at radius 1 is 0.920 bits per heavy atom. The van der Waals surface area contributed by atoms with Crippen LogP contribution in [0.2, 0.25) is 0 Å². The number of hydrogen-bond acceptors (Lipinski definition) is 7. The number of rotatable bonds is 7. The number of carbonyl (C=O) groups is 3. The number of ether oxygens (including phenoxy) is 1. The molecule has 3 aliphatic rings. The summed E-state index contributed by atoms with van der Waals surface area (Å²) in [6.07, 6.45) is 4.89. The van der Waals surface area contributed by atoms with Crippen LogP contribution in [0.25, 0.3) is 10.4 Å². The van der Waals surface area contributed by atoms with Gasteiger partial charge in [-0.05, 0) is 85.3 Å². The van der Waals surface area contributed by atoms with Crippen molar-refractivity contribution in [1.82, 2.24) is 4.98 Å². The zero-order chi connectivity index (χ0) is 34.2. The molecule has 1 N–H and O–H groups in total. The molecule has 5 aromatic rings. The lowest BCUT2D eigenvalue weighted by molar-refractivity contribution is -0.000511. The van der Waals surface area contributed by atoms with Gasteiger partial charge in [0, 0.05) is 72.6 Å². The standard InChI is InChI=1S/C41H38N4O4S/c1-27-21-33(38(42-24-27)44-25-41(26-44)16-19-49-20-17-41)39(47)43-31-13-11-29(12-14-31)40(48)45-18-15-30-23-36(35(46)22-28-7-3-2-4-8-28)50-37(30)32-9-5-6-10-34(32)45/h2-14,21,23-24H,15-20,22,25-26H2,1H3,(H,43,47). The lowest BCUT2D eigenvalue weighted by Gasteiger charge is -2.53. The van der Waals surface area contributed by atoms with Gasteiger partial charge in [-0.15, -0.1) is 11.3 Å².